The molecular weight excluding hydrogens is 798 g/mol. The molecule has 3 heterocycles. The van der Waals surface area contributed by atoms with Crippen LogP contribution in [0.4, 0.5) is 0 Å². The standard InChI is InChI=1S/C51H30N3O7P/c55-62(59-43-28-25-31-13-1-4-16-34(31)46(43)49-52-37-19-7-10-22-40(37)56-49,60-44-29-26-32-14-2-5-17-35(32)47(44)50-53-38-20-8-11-23-41(38)57-50)61-45-30-27-33-15-3-6-18-36(33)48(45)51-54-39-21-9-12-24-42(39)58-51/h1-30H. The Morgan fingerprint density at radius 1 is 0.339 bits per heavy atom. The topological polar surface area (TPSA) is 123 Å². The lowest BCUT2D eigenvalue weighted by Gasteiger charge is -2.23. The zero-order valence-electron chi connectivity index (χ0n) is 32.5. The summed E-state index contributed by atoms with van der Waals surface area (Å²) in [4.78, 5) is 14.5. The van der Waals surface area contributed by atoms with Crippen LogP contribution in [0.15, 0.2) is 195 Å². The average Bonchev–Trinajstić information content (AvgIpc) is 4.06. The number of fused-ring (bicyclic) bond motifs is 6. The van der Waals surface area contributed by atoms with Crippen LogP contribution in [0.5, 0.6) is 17.2 Å². The summed E-state index contributed by atoms with van der Waals surface area (Å²) in [5.41, 5.74) is 5.06. The Labute approximate surface area is 352 Å². The maximum atomic E-state index is 16.2. The highest BCUT2D eigenvalue weighted by molar-refractivity contribution is 7.49. The molecule has 0 unspecified atom stereocenters. The van der Waals surface area contributed by atoms with Crippen molar-refractivity contribution in [2.75, 3.05) is 0 Å². The van der Waals surface area contributed by atoms with E-state index in [1.807, 2.05) is 164 Å². The first-order valence-corrected chi connectivity index (χ1v) is 21.3. The normalized spacial score (nSPS) is 11.9. The molecule has 0 bridgehead atoms. The predicted molar refractivity (Wildman–Crippen MR) is 240 cm³/mol. The Morgan fingerprint density at radius 3 is 0.952 bits per heavy atom. The Kier molecular flexibility index (Phi) is 8.19. The molecule has 0 atom stereocenters. The fourth-order valence-corrected chi connectivity index (χ4v) is 9.29. The molecular formula is C51H30N3O7P. The number of oxazole rings is 3. The van der Waals surface area contributed by atoms with Gasteiger partial charge in [-0.3, -0.25) is 0 Å². The van der Waals surface area contributed by atoms with Gasteiger partial charge in [-0.25, -0.2) is 15.0 Å². The van der Waals surface area contributed by atoms with E-state index in [1.165, 1.54) is 0 Å². The van der Waals surface area contributed by atoms with Gasteiger partial charge in [0.15, 0.2) is 16.7 Å². The summed E-state index contributed by atoms with van der Waals surface area (Å²) in [7, 11) is -4.87. The summed E-state index contributed by atoms with van der Waals surface area (Å²) in [5, 5.41) is 4.90. The van der Waals surface area contributed by atoms with Crippen molar-refractivity contribution in [2.24, 2.45) is 0 Å². The maximum absolute atomic E-state index is 16.2. The molecule has 10 nitrogen and oxygen atoms in total. The third kappa shape index (κ3) is 6.12. The van der Waals surface area contributed by atoms with Crippen LogP contribution in [0.1, 0.15) is 0 Å². The van der Waals surface area contributed by atoms with E-state index in [-0.39, 0.29) is 34.9 Å². The molecule has 12 aromatic rings. The minimum atomic E-state index is -4.87. The number of hydrogen-bond donors (Lipinski definition) is 0. The van der Waals surface area contributed by atoms with Crippen LogP contribution in [0.3, 0.4) is 0 Å². The molecule has 0 aliphatic heterocycles. The number of para-hydroxylation sites is 6. The van der Waals surface area contributed by atoms with Crippen molar-refractivity contribution in [3.63, 3.8) is 0 Å². The van der Waals surface area contributed by atoms with Crippen molar-refractivity contribution in [1.82, 2.24) is 15.0 Å². The zero-order valence-corrected chi connectivity index (χ0v) is 33.4. The lowest BCUT2D eigenvalue weighted by atomic mass is 10.0. The summed E-state index contributed by atoms with van der Waals surface area (Å²) in [5.74, 6) is 1.23. The van der Waals surface area contributed by atoms with Crippen LogP contribution in [0.2, 0.25) is 0 Å². The fourth-order valence-electron chi connectivity index (χ4n) is 8.00. The third-order valence-corrected chi connectivity index (χ3v) is 12.1. The molecule has 0 N–H and O–H groups in total. The Balaban J connectivity index is 1.08. The monoisotopic (exact) mass is 827 g/mol. The molecule has 11 heteroatoms. The van der Waals surface area contributed by atoms with E-state index in [0.717, 1.165) is 32.3 Å². The Bertz CT molecular complexity index is 3270. The number of rotatable bonds is 9. The van der Waals surface area contributed by atoms with Crippen molar-refractivity contribution in [2.45, 2.75) is 0 Å². The second-order valence-electron chi connectivity index (χ2n) is 14.7. The molecule has 296 valence electrons. The molecule has 12 rings (SSSR count). The number of phosphoric ester groups is 1. The predicted octanol–water partition coefficient (Wildman–Crippen LogP) is 14.2. The smallest absolute Gasteiger partial charge is 0.436 e. The number of phosphoric acid groups is 1. The Morgan fingerprint density at radius 2 is 0.629 bits per heavy atom. The van der Waals surface area contributed by atoms with Crippen molar-refractivity contribution in [3.8, 4) is 51.6 Å². The molecule has 0 fully saturated rings. The SMILES string of the molecule is O=P(Oc1ccc2ccccc2c1-c1nc2ccccc2o1)(Oc1ccc2ccccc2c1-c1nc2ccccc2o1)Oc1ccc2ccccc2c1-c1nc2ccccc2o1. The highest BCUT2D eigenvalue weighted by atomic mass is 31.2. The Hall–Kier alpha value is -8.20. The third-order valence-electron chi connectivity index (χ3n) is 10.8. The molecule has 0 spiro atoms. The second-order valence-corrected chi connectivity index (χ2v) is 16.1. The van der Waals surface area contributed by atoms with Crippen LogP contribution in [0, 0.1) is 0 Å². The van der Waals surface area contributed by atoms with Crippen LogP contribution < -0.4 is 13.6 Å². The first-order chi connectivity index (χ1) is 30.5. The van der Waals surface area contributed by atoms with E-state index < -0.39 is 7.82 Å². The minimum Gasteiger partial charge on any atom is -0.436 e. The highest BCUT2D eigenvalue weighted by Gasteiger charge is 2.38. The van der Waals surface area contributed by atoms with E-state index >= 15 is 4.57 Å². The molecule has 0 aliphatic carbocycles. The van der Waals surface area contributed by atoms with Gasteiger partial charge in [0.2, 0.25) is 17.7 Å². The van der Waals surface area contributed by atoms with Gasteiger partial charge in [-0.05, 0) is 86.9 Å². The van der Waals surface area contributed by atoms with E-state index in [0.29, 0.717) is 50.0 Å². The van der Waals surface area contributed by atoms with Gasteiger partial charge in [0.1, 0.15) is 33.8 Å². The average molecular weight is 828 g/mol. The largest absolute Gasteiger partial charge is 0.647 e. The molecule has 0 saturated heterocycles. The highest BCUT2D eigenvalue weighted by Crippen LogP contribution is 2.56. The van der Waals surface area contributed by atoms with Crippen molar-refractivity contribution < 1.29 is 31.4 Å². The van der Waals surface area contributed by atoms with E-state index in [4.69, 9.17) is 41.8 Å². The van der Waals surface area contributed by atoms with E-state index in [1.54, 1.807) is 18.2 Å². The van der Waals surface area contributed by atoms with Crippen LogP contribution in [-0.4, -0.2) is 15.0 Å². The van der Waals surface area contributed by atoms with Gasteiger partial charge in [0.05, 0.1) is 16.7 Å². The first kappa shape index (κ1) is 35.7. The van der Waals surface area contributed by atoms with Gasteiger partial charge < -0.3 is 26.8 Å². The number of benzene rings is 9. The van der Waals surface area contributed by atoms with Gasteiger partial charge in [-0.1, -0.05) is 127 Å². The molecule has 9 aromatic carbocycles. The fraction of sp³-hybridized carbons (Fsp3) is 0. The van der Waals surface area contributed by atoms with E-state index in [2.05, 4.69) is 0 Å². The number of hydrogen-bond acceptors (Lipinski definition) is 10. The zero-order chi connectivity index (χ0) is 41.2. The molecule has 3 aromatic heterocycles. The van der Waals surface area contributed by atoms with Crippen LogP contribution in [0.25, 0.3) is 100.0 Å². The van der Waals surface area contributed by atoms with Gasteiger partial charge in [-0.2, -0.15) is 4.57 Å². The first-order valence-electron chi connectivity index (χ1n) is 19.9. The maximum Gasteiger partial charge on any atom is 0.647 e. The molecule has 62 heavy (non-hydrogen) atoms. The van der Waals surface area contributed by atoms with Crippen LogP contribution in [-0.2, 0) is 4.57 Å². The second kappa shape index (κ2) is 14.2. The van der Waals surface area contributed by atoms with Crippen LogP contribution >= 0.6 is 7.82 Å². The lowest BCUT2D eigenvalue weighted by Crippen LogP contribution is -2.10. The van der Waals surface area contributed by atoms with Crippen molar-refractivity contribution in [3.05, 3.63) is 182 Å². The number of nitrogens with zero attached hydrogens (tertiary/aromatic N) is 3. The summed E-state index contributed by atoms with van der Waals surface area (Å²) < 4.78 is 55.4. The quantitative estimate of drug-likeness (QED) is 0.130. The van der Waals surface area contributed by atoms with E-state index in [9.17, 15) is 0 Å². The summed E-state index contributed by atoms with van der Waals surface area (Å²) in [6.45, 7) is 0. The number of aromatic nitrogens is 3. The lowest BCUT2D eigenvalue weighted by molar-refractivity contribution is 0.299. The van der Waals surface area contributed by atoms with Crippen molar-refractivity contribution in [1.29, 1.82) is 0 Å². The molecule has 0 aliphatic rings. The molecule has 0 saturated carbocycles. The molecule has 0 radical (unpaired) electrons. The molecule has 0 amide bonds. The van der Waals surface area contributed by atoms with Gasteiger partial charge >= 0.3 is 7.82 Å². The van der Waals surface area contributed by atoms with Gasteiger partial charge in [0, 0.05) is 0 Å². The van der Waals surface area contributed by atoms with Crippen molar-refractivity contribution >= 4 is 73.4 Å². The van der Waals surface area contributed by atoms with Gasteiger partial charge in [0.25, 0.3) is 0 Å². The minimum absolute atomic E-state index is 0.145. The summed E-state index contributed by atoms with van der Waals surface area (Å²) in [6.07, 6.45) is 0. The summed E-state index contributed by atoms with van der Waals surface area (Å²) >= 11 is 0. The summed E-state index contributed by atoms with van der Waals surface area (Å²) in [6, 6.07) is 56.5. The van der Waals surface area contributed by atoms with Gasteiger partial charge in [-0.15, -0.1) is 0 Å².